The Morgan fingerprint density at radius 3 is 2.52 bits per heavy atom. The molecule has 126 valence electrons. The first-order valence-electron chi connectivity index (χ1n) is 7.57. The fourth-order valence-electron chi connectivity index (χ4n) is 2.31. The number of carbonyl (C=O) groups is 1. The van der Waals surface area contributed by atoms with Gasteiger partial charge in [0.15, 0.2) is 0 Å². The number of urea groups is 1. The summed E-state index contributed by atoms with van der Waals surface area (Å²) < 4.78 is 5.21. The van der Waals surface area contributed by atoms with Crippen molar-refractivity contribution >= 4 is 40.3 Å². The summed E-state index contributed by atoms with van der Waals surface area (Å²) in [7, 11) is 1.64. The van der Waals surface area contributed by atoms with Gasteiger partial charge < -0.3 is 10.1 Å². The number of fused-ring (bicyclic) bond motifs is 1. The summed E-state index contributed by atoms with van der Waals surface area (Å²) in [5.41, 5.74) is 3.94. The van der Waals surface area contributed by atoms with Gasteiger partial charge in [0, 0.05) is 10.7 Å². The minimum atomic E-state index is -0.427. The topological polar surface area (TPSA) is 62.7 Å². The van der Waals surface area contributed by atoms with Crippen molar-refractivity contribution in [2.75, 3.05) is 12.4 Å². The van der Waals surface area contributed by atoms with Gasteiger partial charge in [-0.1, -0.05) is 29.8 Å². The van der Waals surface area contributed by atoms with Crippen LogP contribution in [-0.2, 0) is 0 Å². The Hall–Kier alpha value is -3.05. The smallest absolute Gasteiger partial charge is 0.339 e. The number of amides is 2. The number of hydrogen-bond acceptors (Lipinski definition) is 3. The van der Waals surface area contributed by atoms with E-state index in [1.807, 2.05) is 36.4 Å². The van der Waals surface area contributed by atoms with Crippen LogP contribution in [0.25, 0.3) is 10.8 Å². The molecule has 3 rings (SSSR count). The number of rotatable bonds is 4. The minimum absolute atomic E-state index is 0.427. The Balaban J connectivity index is 1.62. The van der Waals surface area contributed by atoms with Crippen LogP contribution in [0, 0.1) is 0 Å². The van der Waals surface area contributed by atoms with E-state index < -0.39 is 6.03 Å². The van der Waals surface area contributed by atoms with Gasteiger partial charge in [-0.05, 0) is 58.8 Å². The van der Waals surface area contributed by atoms with Crippen molar-refractivity contribution in [3.63, 3.8) is 0 Å². The second-order valence-electron chi connectivity index (χ2n) is 5.30. The quantitative estimate of drug-likeness (QED) is 0.529. The molecule has 0 fully saturated rings. The highest BCUT2D eigenvalue weighted by Gasteiger charge is 2.00. The Morgan fingerprint density at radius 2 is 1.76 bits per heavy atom. The Morgan fingerprint density at radius 1 is 1.04 bits per heavy atom. The van der Waals surface area contributed by atoms with Crippen LogP contribution in [0.2, 0.25) is 5.02 Å². The zero-order chi connectivity index (χ0) is 17.6. The molecule has 0 unspecified atom stereocenters. The lowest BCUT2D eigenvalue weighted by Crippen LogP contribution is -2.24. The summed E-state index contributed by atoms with van der Waals surface area (Å²) in [6, 6.07) is 18.1. The molecule has 0 spiro atoms. The molecule has 0 aliphatic heterocycles. The molecule has 25 heavy (non-hydrogen) atoms. The van der Waals surface area contributed by atoms with Crippen molar-refractivity contribution in [1.82, 2.24) is 5.43 Å². The average Bonchev–Trinajstić information content (AvgIpc) is 2.63. The van der Waals surface area contributed by atoms with Crippen LogP contribution in [0.3, 0.4) is 0 Å². The Bertz CT molecular complexity index is 924. The Kier molecular flexibility index (Phi) is 5.16. The Labute approximate surface area is 150 Å². The second kappa shape index (κ2) is 7.68. The summed E-state index contributed by atoms with van der Waals surface area (Å²) in [6.07, 6.45) is 1.59. The van der Waals surface area contributed by atoms with Crippen LogP contribution >= 0.6 is 11.6 Å². The number of hydrazone groups is 1. The van der Waals surface area contributed by atoms with Crippen LogP contribution in [0.4, 0.5) is 10.5 Å². The molecule has 0 saturated heterocycles. The maximum atomic E-state index is 11.8. The van der Waals surface area contributed by atoms with E-state index in [1.165, 1.54) is 0 Å². The molecule has 6 heteroatoms. The second-order valence-corrected chi connectivity index (χ2v) is 5.74. The van der Waals surface area contributed by atoms with E-state index in [0.717, 1.165) is 22.1 Å². The van der Waals surface area contributed by atoms with Crippen molar-refractivity contribution in [3.8, 4) is 5.75 Å². The van der Waals surface area contributed by atoms with Gasteiger partial charge in [0.25, 0.3) is 0 Å². The maximum Gasteiger partial charge on any atom is 0.339 e. The lowest BCUT2D eigenvalue weighted by molar-refractivity contribution is 0.252. The lowest BCUT2D eigenvalue weighted by Gasteiger charge is -2.04. The monoisotopic (exact) mass is 353 g/mol. The van der Waals surface area contributed by atoms with Gasteiger partial charge in [0.05, 0.1) is 13.3 Å². The first kappa shape index (κ1) is 16.8. The fourth-order valence-corrected chi connectivity index (χ4v) is 2.43. The van der Waals surface area contributed by atoms with E-state index in [1.54, 1.807) is 37.6 Å². The molecule has 2 N–H and O–H groups in total. The van der Waals surface area contributed by atoms with E-state index in [9.17, 15) is 4.79 Å². The van der Waals surface area contributed by atoms with Gasteiger partial charge >= 0.3 is 6.03 Å². The van der Waals surface area contributed by atoms with Crippen molar-refractivity contribution in [3.05, 3.63) is 71.2 Å². The summed E-state index contributed by atoms with van der Waals surface area (Å²) in [6.45, 7) is 0. The summed E-state index contributed by atoms with van der Waals surface area (Å²) in [5, 5.41) is 9.37. The number of carbonyl (C=O) groups excluding carboxylic acids is 1. The normalized spacial score (nSPS) is 10.8. The molecule has 3 aromatic rings. The molecular formula is C19H16ClN3O2. The fraction of sp³-hybridized carbons (Fsp3) is 0.0526. The molecule has 0 radical (unpaired) electrons. The van der Waals surface area contributed by atoms with Gasteiger partial charge in [0.1, 0.15) is 5.75 Å². The molecule has 5 nitrogen and oxygen atoms in total. The number of benzene rings is 3. The summed E-state index contributed by atoms with van der Waals surface area (Å²) in [5.74, 6) is 0.814. The minimum Gasteiger partial charge on any atom is -0.497 e. The van der Waals surface area contributed by atoms with Crippen LogP contribution in [0.15, 0.2) is 65.8 Å². The predicted molar refractivity (Wildman–Crippen MR) is 102 cm³/mol. The van der Waals surface area contributed by atoms with E-state index in [4.69, 9.17) is 16.3 Å². The highest BCUT2D eigenvalue weighted by atomic mass is 35.5. The maximum absolute atomic E-state index is 11.8. The standard InChI is InChI=1S/C19H16ClN3O2/c1-25-18-9-4-14-10-13(2-3-15(14)11-18)12-21-23-19(24)22-17-7-5-16(20)6-8-17/h2-12H,1H3,(H2,22,23,24)/b21-12-. The van der Waals surface area contributed by atoms with Crippen molar-refractivity contribution in [1.29, 1.82) is 0 Å². The van der Waals surface area contributed by atoms with E-state index in [-0.39, 0.29) is 0 Å². The zero-order valence-electron chi connectivity index (χ0n) is 13.5. The first-order valence-corrected chi connectivity index (χ1v) is 7.95. The van der Waals surface area contributed by atoms with E-state index in [0.29, 0.717) is 10.7 Å². The summed E-state index contributed by atoms with van der Waals surface area (Å²) in [4.78, 5) is 11.8. The van der Waals surface area contributed by atoms with E-state index in [2.05, 4.69) is 15.8 Å². The van der Waals surface area contributed by atoms with Gasteiger partial charge in [-0.25, -0.2) is 10.2 Å². The number of ether oxygens (including phenoxy) is 1. The highest BCUT2D eigenvalue weighted by Crippen LogP contribution is 2.21. The number of methoxy groups -OCH3 is 1. The molecule has 0 heterocycles. The van der Waals surface area contributed by atoms with Crippen LogP contribution in [0.5, 0.6) is 5.75 Å². The van der Waals surface area contributed by atoms with Crippen molar-refractivity contribution < 1.29 is 9.53 Å². The number of nitrogens with one attached hydrogen (secondary N) is 2. The molecule has 0 aliphatic carbocycles. The van der Waals surface area contributed by atoms with Gasteiger partial charge in [-0.15, -0.1) is 0 Å². The molecule has 2 amide bonds. The average molecular weight is 354 g/mol. The van der Waals surface area contributed by atoms with Gasteiger partial charge in [0.2, 0.25) is 0 Å². The molecular weight excluding hydrogens is 338 g/mol. The van der Waals surface area contributed by atoms with E-state index >= 15 is 0 Å². The zero-order valence-corrected chi connectivity index (χ0v) is 14.2. The molecule has 0 saturated carbocycles. The number of anilines is 1. The van der Waals surface area contributed by atoms with Crippen molar-refractivity contribution in [2.24, 2.45) is 5.10 Å². The SMILES string of the molecule is COc1ccc2cc(/C=N\NC(=O)Nc3ccc(Cl)cc3)ccc2c1. The highest BCUT2D eigenvalue weighted by molar-refractivity contribution is 6.30. The van der Waals surface area contributed by atoms with Crippen LogP contribution < -0.4 is 15.5 Å². The van der Waals surface area contributed by atoms with Crippen LogP contribution in [0.1, 0.15) is 5.56 Å². The number of halogens is 1. The third-order valence-electron chi connectivity index (χ3n) is 3.55. The number of hydrogen-bond donors (Lipinski definition) is 2. The van der Waals surface area contributed by atoms with Crippen LogP contribution in [-0.4, -0.2) is 19.4 Å². The van der Waals surface area contributed by atoms with Crippen molar-refractivity contribution in [2.45, 2.75) is 0 Å². The first-order chi connectivity index (χ1) is 12.1. The molecule has 0 bridgehead atoms. The summed E-state index contributed by atoms with van der Waals surface area (Å²) >= 11 is 5.80. The molecule has 0 atom stereocenters. The predicted octanol–water partition coefficient (Wildman–Crippen LogP) is 4.66. The number of nitrogens with zero attached hydrogens (tertiary/aromatic N) is 1. The molecule has 0 aliphatic rings. The lowest BCUT2D eigenvalue weighted by atomic mass is 10.1. The third kappa shape index (κ3) is 4.49. The van der Waals surface area contributed by atoms with Gasteiger partial charge in [-0.2, -0.15) is 5.10 Å². The van der Waals surface area contributed by atoms with Gasteiger partial charge in [-0.3, -0.25) is 0 Å². The largest absolute Gasteiger partial charge is 0.497 e. The molecule has 0 aromatic heterocycles. The molecule has 3 aromatic carbocycles. The third-order valence-corrected chi connectivity index (χ3v) is 3.81.